The molecule has 0 aliphatic rings. The lowest BCUT2D eigenvalue weighted by molar-refractivity contribution is -0.384. The molecular weight excluding hydrogens is 429 g/mol. The van der Waals surface area contributed by atoms with Crippen LogP contribution in [0.2, 0.25) is 0 Å². The molecule has 0 amide bonds. The molecule has 0 spiro atoms. The normalized spacial score (nSPS) is 11.9. The number of carbonyl (C=O) groups excluding carboxylic acids is 1. The number of halogens is 3. The third-order valence-corrected chi connectivity index (χ3v) is 5.55. The smallest absolute Gasteiger partial charge is 0.288 e. The van der Waals surface area contributed by atoms with Gasteiger partial charge in [0, 0.05) is 17.7 Å². The fourth-order valence-electron chi connectivity index (χ4n) is 2.78. The highest BCUT2D eigenvalue weighted by atomic mass is 32.1. The molecule has 3 aromatic rings. The number of thiazole rings is 1. The molecule has 0 aliphatic carbocycles. The number of nitrogens with zero attached hydrogens (tertiary/aromatic N) is 2. The van der Waals surface area contributed by atoms with Crippen LogP contribution >= 0.6 is 11.3 Å². The zero-order valence-corrected chi connectivity index (χ0v) is 17.3. The van der Waals surface area contributed by atoms with Gasteiger partial charge < -0.3 is 0 Å². The molecule has 2 aromatic carbocycles. The van der Waals surface area contributed by atoms with E-state index in [2.05, 4.69) is 4.98 Å². The van der Waals surface area contributed by atoms with Gasteiger partial charge in [-0.2, -0.15) is 13.2 Å². The Morgan fingerprint density at radius 3 is 2.23 bits per heavy atom. The first-order valence-corrected chi connectivity index (χ1v) is 10.0. The van der Waals surface area contributed by atoms with Gasteiger partial charge in [-0.3, -0.25) is 14.9 Å². The molecule has 3 rings (SSSR count). The highest BCUT2D eigenvalue weighted by Crippen LogP contribution is 2.35. The predicted octanol–water partition coefficient (Wildman–Crippen LogP) is 6.76. The molecule has 0 saturated heterocycles. The van der Waals surface area contributed by atoms with Crippen LogP contribution in [0.15, 0.2) is 54.6 Å². The Morgan fingerprint density at radius 2 is 1.71 bits per heavy atom. The van der Waals surface area contributed by atoms with Crippen molar-refractivity contribution in [1.29, 1.82) is 0 Å². The molecule has 9 heteroatoms. The Bertz CT molecular complexity index is 1130. The number of ketones is 1. The number of benzene rings is 2. The number of hydrogen-bond donors (Lipinski definition) is 0. The van der Waals surface area contributed by atoms with E-state index in [1.54, 1.807) is 6.08 Å². The summed E-state index contributed by atoms with van der Waals surface area (Å²) in [5.41, 5.74) is 0.891. The molecule has 0 saturated carbocycles. The van der Waals surface area contributed by atoms with Crippen LogP contribution in [-0.4, -0.2) is 15.7 Å². The van der Waals surface area contributed by atoms with Crippen molar-refractivity contribution in [1.82, 2.24) is 4.98 Å². The third kappa shape index (κ3) is 5.24. The average molecular weight is 446 g/mol. The number of alkyl halides is 3. The second-order valence-corrected chi connectivity index (χ2v) is 8.01. The second-order valence-electron chi connectivity index (χ2n) is 7.01. The Balaban J connectivity index is 1.87. The van der Waals surface area contributed by atoms with Crippen molar-refractivity contribution >= 4 is 28.9 Å². The second kappa shape index (κ2) is 8.81. The highest BCUT2D eigenvalue weighted by molar-refractivity contribution is 7.17. The molecule has 0 atom stereocenters. The van der Waals surface area contributed by atoms with Gasteiger partial charge in [0.1, 0.15) is 5.01 Å². The zero-order valence-electron chi connectivity index (χ0n) is 16.5. The Morgan fingerprint density at radius 1 is 1.10 bits per heavy atom. The Kier molecular flexibility index (Phi) is 6.35. The predicted molar refractivity (Wildman–Crippen MR) is 113 cm³/mol. The van der Waals surface area contributed by atoms with Gasteiger partial charge in [0.15, 0.2) is 5.78 Å². The first-order valence-electron chi connectivity index (χ1n) is 9.21. The molecule has 0 radical (unpaired) electrons. The van der Waals surface area contributed by atoms with E-state index >= 15 is 0 Å². The van der Waals surface area contributed by atoms with Gasteiger partial charge >= 0.3 is 6.18 Å². The highest BCUT2D eigenvalue weighted by Gasteiger charge is 2.30. The minimum Gasteiger partial charge on any atom is -0.288 e. The molecular formula is C22H17F3N2O3S. The van der Waals surface area contributed by atoms with Gasteiger partial charge in [-0.05, 0) is 41.8 Å². The van der Waals surface area contributed by atoms with Gasteiger partial charge in [-0.25, -0.2) is 4.98 Å². The molecule has 0 fully saturated rings. The minimum atomic E-state index is -4.42. The van der Waals surface area contributed by atoms with E-state index in [-0.39, 0.29) is 17.4 Å². The monoisotopic (exact) mass is 446 g/mol. The number of nitro benzene ring substituents is 1. The summed E-state index contributed by atoms with van der Waals surface area (Å²) in [6, 6.07) is 10.4. The van der Waals surface area contributed by atoms with E-state index in [0.29, 0.717) is 26.7 Å². The molecule has 0 unspecified atom stereocenters. The van der Waals surface area contributed by atoms with Gasteiger partial charge in [-0.15, -0.1) is 11.3 Å². The number of aromatic nitrogens is 1. The van der Waals surface area contributed by atoms with Crippen LogP contribution < -0.4 is 0 Å². The van der Waals surface area contributed by atoms with E-state index in [1.165, 1.54) is 42.5 Å². The van der Waals surface area contributed by atoms with Crippen molar-refractivity contribution in [3.05, 3.63) is 86.4 Å². The van der Waals surface area contributed by atoms with Crippen molar-refractivity contribution in [2.75, 3.05) is 0 Å². The number of non-ortho nitro benzene ring substituents is 1. The van der Waals surface area contributed by atoms with Gasteiger partial charge in [0.2, 0.25) is 0 Å². The lowest BCUT2D eigenvalue weighted by Crippen LogP contribution is -2.03. The Labute approximate surface area is 180 Å². The molecule has 160 valence electrons. The standard InChI is InChI=1S/C22H17F3N2O3S/c1-13(2)19-20(18(28)12-5-14-3-10-17(11-4-14)27(29)30)31-21(26-19)15-6-8-16(9-7-15)22(23,24)25/h3-13H,1-2H3. The summed E-state index contributed by atoms with van der Waals surface area (Å²) < 4.78 is 38.4. The summed E-state index contributed by atoms with van der Waals surface area (Å²) in [5, 5.41) is 11.2. The number of allylic oxidation sites excluding steroid dienone is 1. The van der Waals surface area contributed by atoms with E-state index in [0.717, 1.165) is 23.5 Å². The van der Waals surface area contributed by atoms with E-state index in [9.17, 15) is 28.1 Å². The summed E-state index contributed by atoms with van der Waals surface area (Å²) in [6.45, 7) is 3.75. The molecule has 1 aromatic heterocycles. The fraction of sp³-hybridized carbons (Fsp3) is 0.182. The maximum Gasteiger partial charge on any atom is 0.416 e. The number of nitro groups is 1. The lowest BCUT2D eigenvalue weighted by Gasteiger charge is -2.06. The largest absolute Gasteiger partial charge is 0.416 e. The van der Waals surface area contributed by atoms with Crippen LogP contribution in [0.4, 0.5) is 18.9 Å². The topological polar surface area (TPSA) is 73.1 Å². The lowest BCUT2D eigenvalue weighted by atomic mass is 10.1. The average Bonchev–Trinajstić information content (AvgIpc) is 3.18. The van der Waals surface area contributed by atoms with E-state index < -0.39 is 16.7 Å². The fourth-order valence-corrected chi connectivity index (χ4v) is 3.93. The first kappa shape index (κ1) is 22.4. The van der Waals surface area contributed by atoms with Gasteiger partial charge in [-0.1, -0.05) is 32.1 Å². The van der Waals surface area contributed by atoms with Gasteiger partial charge in [0.25, 0.3) is 5.69 Å². The van der Waals surface area contributed by atoms with Crippen LogP contribution in [0.25, 0.3) is 16.6 Å². The number of rotatable bonds is 6. The maximum atomic E-state index is 12.8. The van der Waals surface area contributed by atoms with E-state index in [1.807, 2.05) is 13.8 Å². The molecule has 5 nitrogen and oxygen atoms in total. The van der Waals surface area contributed by atoms with Crippen molar-refractivity contribution in [2.45, 2.75) is 25.9 Å². The summed E-state index contributed by atoms with van der Waals surface area (Å²) in [7, 11) is 0. The van der Waals surface area contributed by atoms with Crippen LogP contribution in [0.5, 0.6) is 0 Å². The van der Waals surface area contributed by atoms with Crippen molar-refractivity contribution in [2.24, 2.45) is 0 Å². The molecule has 0 bridgehead atoms. The zero-order chi connectivity index (χ0) is 22.8. The SMILES string of the molecule is CC(C)c1nc(-c2ccc(C(F)(F)F)cc2)sc1C(=O)C=Cc1ccc([N+](=O)[O-])cc1. The van der Waals surface area contributed by atoms with Crippen LogP contribution in [-0.2, 0) is 6.18 Å². The molecule has 0 N–H and O–H groups in total. The quantitative estimate of drug-likeness (QED) is 0.182. The van der Waals surface area contributed by atoms with Crippen molar-refractivity contribution in [3.63, 3.8) is 0 Å². The third-order valence-electron chi connectivity index (χ3n) is 4.41. The Hall–Kier alpha value is -3.33. The van der Waals surface area contributed by atoms with Crippen molar-refractivity contribution < 1.29 is 22.9 Å². The summed E-state index contributed by atoms with van der Waals surface area (Å²) in [5.74, 6) is -0.358. The van der Waals surface area contributed by atoms with Gasteiger partial charge in [0.05, 0.1) is 21.1 Å². The van der Waals surface area contributed by atoms with Crippen LogP contribution in [0.1, 0.15) is 46.3 Å². The summed E-state index contributed by atoms with van der Waals surface area (Å²) >= 11 is 1.12. The summed E-state index contributed by atoms with van der Waals surface area (Å²) in [6.07, 6.45) is -1.51. The van der Waals surface area contributed by atoms with Crippen molar-refractivity contribution in [3.8, 4) is 10.6 Å². The van der Waals surface area contributed by atoms with Crippen LogP contribution in [0.3, 0.4) is 0 Å². The maximum absolute atomic E-state index is 12.8. The van der Waals surface area contributed by atoms with Crippen LogP contribution in [0, 0.1) is 10.1 Å². The molecule has 0 aliphatic heterocycles. The van der Waals surface area contributed by atoms with E-state index in [4.69, 9.17) is 0 Å². The number of hydrogen-bond acceptors (Lipinski definition) is 5. The molecule has 31 heavy (non-hydrogen) atoms. The first-order chi connectivity index (χ1) is 14.6. The minimum absolute atomic E-state index is 0.0470. The molecule has 1 heterocycles. The number of carbonyl (C=O) groups is 1. The summed E-state index contributed by atoms with van der Waals surface area (Å²) in [4.78, 5) is 27.9.